The molecular weight excluding hydrogens is 406 g/mol. The molecule has 1 aliphatic heterocycles. The average Bonchev–Trinajstić information content (AvgIpc) is 3.20. The number of aryl methyl sites for hydroxylation is 1. The van der Waals surface area contributed by atoms with Gasteiger partial charge in [0, 0.05) is 69.0 Å². The number of rotatable bonds is 10. The van der Waals surface area contributed by atoms with Crippen LogP contribution >= 0.6 is 0 Å². The molecular formula is C23H39N7O2. The van der Waals surface area contributed by atoms with Crippen molar-refractivity contribution < 1.29 is 9.53 Å². The molecule has 0 unspecified atom stereocenters. The summed E-state index contributed by atoms with van der Waals surface area (Å²) >= 11 is 0. The van der Waals surface area contributed by atoms with E-state index in [2.05, 4.69) is 57.5 Å². The molecule has 0 saturated carbocycles. The van der Waals surface area contributed by atoms with Gasteiger partial charge in [0.05, 0.1) is 6.61 Å². The molecule has 0 aliphatic carbocycles. The SMILES string of the molecule is CCOC(=O)CCc1c(C)nc2ncnn2c1N1CCN(CCN(C(C)C)C(C)C)CC1. The summed E-state index contributed by atoms with van der Waals surface area (Å²) < 4.78 is 6.96. The minimum absolute atomic E-state index is 0.179. The van der Waals surface area contributed by atoms with Gasteiger partial charge in [-0.05, 0) is 48.0 Å². The third-order valence-corrected chi connectivity index (χ3v) is 6.26. The van der Waals surface area contributed by atoms with Gasteiger partial charge in [0.25, 0.3) is 5.78 Å². The van der Waals surface area contributed by atoms with Crippen LogP contribution in [0.4, 0.5) is 5.82 Å². The minimum Gasteiger partial charge on any atom is -0.466 e. The Bertz CT molecular complexity index is 880. The first-order valence-electron chi connectivity index (χ1n) is 11.9. The van der Waals surface area contributed by atoms with Crippen molar-refractivity contribution in [3.63, 3.8) is 0 Å². The van der Waals surface area contributed by atoms with Crippen molar-refractivity contribution in [3.8, 4) is 0 Å². The Balaban J connectivity index is 1.72. The molecule has 0 bridgehead atoms. The molecule has 2 aromatic heterocycles. The van der Waals surface area contributed by atoms with Gasteiger partial charge in [-0.1, -0.05) is 0 Å². The van der Waals surface area contributed by atoms with Crippen LogP contribution in [0.5, 0.6) is 0 Å². The molecule has 0 atom stereocenters. The first kappa shape index (κ1) is 24.4. The highest BCUT2D eigenvalue weighted by atomic mass is 16.5. The molecule has 1 saturated heterocycles. The van der Waals surface area contributed by atoms with Crippen LogP contribution in [0.3, 0.4) is 0 Å². The lowest BCUT2D eigenvalue weighted by Crippen LogP contribution is -2.50. The molecule has 32 heavy (non-hydrogen) atoms. The lowest BCUT2D eigenvalue weighted by Gasteiger charge is -2.39. The Labute approximate surface area is 191 Å². The number of hydrogen-bond acceptors (Lipinski definition) is 8. The molecule has 178 valence electrons. The van der Waals surface area contributed by atoms with Crippen LogP contribution in [0.2, 0.25) is 0 Å². The van der Waals surface area contributed by atoms with Crippen molar-refractivity contribution in [2.45, 2.75) is 66.5 Å². The number of carbonyl (C=O) groups excluding carboxylic acids is 1. The van der Waals surface area contributed by atoms with Crippen LogP contribution in [0, 0.1) is 6.92 Å². The second-order valence-corrected chi connectivity index (χ2v) is 9.03. The fraction of sp³-hybridized carbons (Fsp3) is 0.739. The summed E-state index contributed by atoms with van der Waals surface area (Å²) in [6.07, 6.45) is 2.47. The van der Waals surface area contributed by atoms with E-state index < -0.39 is 0 Å². The second kappa shape index (κ2) is 11.0. The van der Waals surface area contributed by atoms with Gasteiger partial charge in [-0.2, -0.15) is 14.6 Å². The molecule has 0 radical (unpaired) electrons. The smallest absolute Gasteiger partial charge is 0.306 e. The lowest BCUT2D eigenvalue weighted by atomic mass is 10.1. The van der Waals surface area contributed by atoms with Crippen LogP contribution in [0.25, 0.3) is 5.78 Å². The number of ether oxygens (including phenoxy) is 1. The number of anilines is 1. The van der Waals surface area contributed by atoms with Gasteiger partial charge >= 0.3 is 5.97 Å². The van der Waals surface area contributed by atoms with E-state index in [1.54, 1.807) is 6.33 Å². The van der Waals surface area contributed by atoms with E-state index in [9.17, 15) is 4.79 Å². The van der Waals surface area contributed by atoms with Gasteiger partial charge in [0.15, 0.2) is 0 Å². The van der Waals surface area contributed by atoms with Crippen molar-refractivity contribution >= 4 is 17.6 Å². The molecule has 9 heteroatoms. The number of piperazine rings is 1. The molecule has 0 amide bonds. The first-order chi connectivity index (χ1) is 15.3. The molecule has 0 N–H and O–H groups in total. The molecule has 1 aliphatic rings. The van der Waals surface area contributed by atoms with Crippen molar-refractivity contribution in [3.05, 3.63) is 17.6 Å². The largest absolute Gasteiger partial charge is 0.466 e. The summed E-state index contributed by atoms with van der Waals surface area (Å²) in [7, 11) is 0. The Morgan fingerprint density at radius 3 is 2.47 bits per heavy atom. The van der Waals surface area contributed by atoms with Gasteiger partial charge in [0.2, 0.25) is 0 Å². The Morgan fingerprint density at radius 1 is 1.16 bits per heavy atom. The zero-order valence-electron chi connectivity index (χ0n) is 20.5. The summed E-state index contributed by atoms with van der Waals surface area (Å²) in [6.45, 7) is 19.3. The van der Waals surface area contributed by atoms with Crippen LogP contribution < -0.4 is 4.90 Å². The highest BCUT2D eigenvalue weighted by Crippen LogP contribution is 2.26. The van der Waals surface area contributed by atoms with E-state index in [-0.39, 0.29) is 5.97 Å². The third-order valence-electron chi connectivity index (χ3n) is 6.26. The Morgan fingerprint density at radius 2 is 1.84 bits per heavy atom. The summed E-state index contributed by atoms with van der Waals surface area (Å²) in [4.78, 5) is 28.4. The Kier molecular flexibility index (Phi) is 8.42. The Hall–Kier alpha value is -2.26. The second-order valence-electron chi connectivity index (χ2n) is 9.03. The van der Waals surface area contributed by atoms with Crippen LogP contribution in [0.1, 0.15) is 52.3 Å². The monoisotopic (exact) mass is 445 g/mol. The van der Waals surface area contributed by atoms with E-state index in [1.807, 2.05) is 18.4 Å². The lowest BCUT2D eigenvalue weighted by molar-refractivity contribution is -0.143. The van der Waals surface area contributed by atoms with Crippen molar-refractivity contribution in [1.29, 1.82) is 0 Å². The van der Waals surface area contributed by atoms with E-state index >= 15 is 0 Å². The number of carbonyl (C=O) groups is 1. The third kappa shape index (κ3) is 5.75. The number of esters is 1. The molecule has 3 heterocycles. The zero-order valence-corrected chi connectivity index (χ0v) is 20.5. The summed E-state index contributed by atoms with van der Waals surface area (Å²) in [5.74, 6) is 1.44. The molecule has 3 rings (SSSR count). The number of nitrogens with zero attached hydrogens (tertiary/aromatic N) is 7. The molecule has 9 nitrogen and oxygen atoms in total. The summed E-state index contributed by atoms with van der Waals surface area (Å²) in [6, 6.07) is 1.11. The highest BCUT2D eigenvalue weighted by molar-refractivity contribution is 5.70. The van der Waals surface area contributed by atoms with Gasteiger partial charge in [-0.15, -0.1) is 0 Å². The molecule has 0 spiro atoms. The molecule has 0 aromatic carbocycles. The fourth-order valence-electron chi connectivity index (χ4n) is 4.60. The maximum atomic E-state index is 12.0. The highest BCUT2D eigenvalue weighted by Gasteiger charge is 2.25. The van der Waals surface area contributed by atoms with Crippen LogP contribution in [-0.2, 0) is 16.0 Å². The van der Waals surface area contributed by atoms with Gasteiger partial charge < -0.3 is 9.64 Å². The van der Waals surface area contributed by atoms with Crippen molar-refractivity contribution in [2.75, 3.05) is 50.8 Å². The maximum absolute atomic E-state index is 12.0. The van der Waals surface area contributed by atoms with Crippen molar-refractivity contribution in [1.82, 2.24) is 29.4 Å². The average molecular weight is 446 g/mol. The van der Waals surface area contributed by atoms with Gasteiger partial charge in [0.1, 0.15) is 12.1 Å². The zero-order chi connectivity index (χ0) is 23.3. The van der Waals surface area contributed by atoms with E-state index in [0.717, 1.165) is 56.3 Å². The fourth-order valence-corrected chi connectivity index (χ4v) is 4.60. The quantitative estimate of drug-likeness (QED) is 0.515. The first-order valence-corrected chi connectivity index (χ1v) is 11.9. The molecule has 1 fully saturated rings. The predicted octanol–water partition coefficient (Wildman–Crippen LogP) is 2.17. The normalized spacial score (nSPS) is 15.5. The van der Waals surface area contributed by atoms with Crippen molar-refractivity contribution in [2.24, 2.45) is 0 Å². The topological polar surface area (TPSA) is 79.1 Å². The summed E-state index contributed by atoms with van der Waals surface area (Å²) in [5, 5.41) is 4.44. The van der Waals surface area contributed by atoms with E-state index in [4.69, 9.17) is 4.74 Å². The minimum atomic E-state index is -0.179. The summed E-state index contributed by atoms with van der Waals surface area (Å²) in [5.41, 5.74) is 1.95. The number of aromatic nitrogens is 4. The maximum Gasteiger partial charge on any atom is 0.306 e. The van der Waals surface area contributed by atoms with Crippen LogP contribution in [-0.4, -0.2) is 93.3 Å². The number of hydrogen-bond donors (Lipinski definition) is 0. The van der Waals surface area contributed by atoms with Gasteiger partial charge in [-0.25, -0.2) is 4.98 Å². The number of fused-ring (bicyclic) bond motifs is 1. The van der Waals surface area contributed by atoms with E-state index in [0.29, 0.717) is 37.3 Å². The molecule has 2 aromatic rings. The van der Waals surface area contributed by atoms with Gasteiger partial charge in [-0.3, -0.25) is 14.6 Å². The van der Waals surface area contributed by atoms with Crippen LogP contribution in [0.15, 0.2) is 6.33 Å². The standard InChI is InChI=1S/C23H39N7O2/c1-7-32-21(31)9-8-20-19(6)26-23-24-16-25-30(23)22(20)28-13-10-27(11-14-28)12-15-29(17(2)3)18(4)5/h16-18H,7-15H2,1-6H3. The van der Waals surface area contributed by atoms with E-state index in [1.165, 1.54) is 0 Å². The predicted molar refractivity (Wildman–Crippen MR) is 126 cm³/mol.